The Morgan fingerprint density at radius 3 is 2.48 bits per heavy atom. The van der Waals surface area contributed by atoms with Crippen LogP contribution in [0.15, 0.2) is 12.4 Å². The van der Waals surface area contributed by atoms with Crippen LogP contribution < -0.4 is 5.32 Å². The van der Waals surface area contributed by atoms with Crippen LogP contribution in [0.1, 0.15) is 66.7 Å². The highest BCUT2D eigenvalue weighted by atomic mass is 32.1. The minimum atomic E-state index is -0.144. The van der Waals surface area contributed by atoms with Crippen molar-refractivity contribution in [2.75, 3.05) is 5.32 Å². The fraction of sp³-hybridized carbons (Fsp3) is 0.529. The van der Waals surface area contributed by atoms with Crippen LogP contribution in [-0.4, -0.2) is 20.9 Å². The maximum Gasteiger partial charge on any atom is 0.267 e. The monoisotopic (exact) mass is 332 g/mol. The smallest absolute Gasteiger partial charge is 0.267 e. The van der Waals surface area contributed by atoms with E-state index >= 15 is 0 Å². The molecule has 0 radical (unpaired) electrons. The molecule has 6 heteroatoms. The number of carbonyl (C=O) groups excluding carboxylic acids is 1. The summed E-state index contributed by atoms with van der Waals surface area (Å²) in [5.41, 5.74) is 1.28. The molecule has 0 unspecified atom stereocenters. The number of thiazole rings is 1. The second-order valence-electron chi connectivity index (χ2n) is 6.63. The van der Waals surface area contributed by atoms with Gasteiger partial charge in [-0.3, -0.25) is 4.79 Å². The quantitative estimate of drug-likeness (QED) is 0.893. The second kappa shape index (κ2) is 7.17. The van der Waals surface area contributed by atoms with Crippen molar-refractivity contribution in [3.63, 3.8) is 0 Å². The molecule has 5 nitrogen and oxygen atoms in total. The van der Waals surface area contributed by atoms with Crippen LogP contribution in [0.3, 0.4) is 0 Å². The largest absolute Gasteiger partial charge is 0.319 e. The van der Waals surface area contributed by atoms with Crippen LogP contribution in [-0.2, 0) is 11.8 Å². The van der Waals surface area contributed by atoms with Gasteiger partial charge in [-0.1, -0.05) is 34.1 Å². The number of nitrogens with one attached hydrogen (secondary N) is 1. The summed E-state index contributed by atoms with van der Waals surface area (Å²) in [6.07, 6.45) is 6.45. The molecule has 0 aliphatic carbocycles. The molecule has 23 heavy (non-hydrogen) atoms. The van der Waals surface area contributed by atoms with Gasteiger partial charge in [0.05, 0.1) is 28.8 Å². The molecule has 2 heterocycles. The summed E-state index contributed by atoms with van der Waals surface area (Å²) in [7, 11) is 0. The van der Waals surface area contributed by atoms with Crippen LogP contribution in [0.4, 0.5) is 5.69 Å². The Morgan fingerprint density at radius 1 is 1.26 bits per heavy atom. The van der Waals surface area contributed by atoms with Crippen molar-refractivity contribution < 1.29 is 4.79 Å². The predicted octanol–water partition coefficient (Wildman–Crippen LogP) is 4.13. The molecular weight excluding hydrogens is 308 g/mol. The van der Waals surface area contributed by atoms with E-state index in [0.29, 0.717) is 10.6 Å². The molecule has 0 fully saturated rings. The second-order valence-corrected chi connectivity index (χ2v) is 7.71. The van der Waals surface area contributed by atoms with Crippen molar-refractivity contribution in [1.82, 2.24) is 15.0 Å². The van der Waals surface area contributed by atoms with Crippen LogP contribution in [0, 0.1) is 6.92 Å². The summed E-state index contributed by atoms with van der Waals surface area (Å²) in [4.78, 5) is 26.2. The van der Waals surface area contributed by atoms with E-state index in [0.717, 1.165) is 35.8 Å². The third-order valence-corrected chi connectivity index (χ3v) is 4.59. The van der Waals surface area contributed by atoms with Gasteiger partial charge in [0, 0.05) is 5.41 Å². The highest BCUT2D eigenvalue weighted by Crippen LogP contribution is 2.22. The zero-order valence-corrected chi connectivity index (χ0v) is 15.3. The summed E-state index contributed by atoms with van der Waals surface area (Å²) in [5.74, 6) is 0.612. The van der Waals surface area contributed by atoms with Gasteiger partial charge < -0.3 is 5.32 Å². The Morgan fingerprint density at radius 2 is 1.91 bits per heavy atom. The van der Waals surface area contributed by atoms with Gasteiger partial charge in [0.2, 0.25) is 0 Å². The van der Waals surface area contributed by atoms with Gasteiger partial charge in [-0.15, -0.1) is 11.3 Å². The van der Waals surface area contributed by atoms with Crippen molar-refractivity contribution >= 4 is 22.9 Å². The molecule has 0 saturated carbocycles. The average Bonchev–Trinajstić information content (AvgIpc) is 2.86. The van der Waals surface area contributed by atoms with Gasteiger partial charge in [-0.05, 0) is 19.8 Å². The number of amides is 1. The molecule has 2 aromatic rings. The highest BCUT2D eigenvalue weighted by Gasteiger charge is 2.18. The first-order valence-electron chi connectivity index (χ1n) is 7.91. The van der Waals surface area contributed by atoms with E-state index in [4.69, 9.17) is 0 Å². The lowest BCUT2D eigenvalue weighted by Crippen LogP contribution is -2.17. The van der Waals surface area contributed by atoms with E-state index in [1.54, 1.807) is 12.4 Å². The summed E-state index contributed by atoms with van der Waals surface area (Å²) < 4.78 is 0. The zero-order chi connectivity index (χ0) is 17.0. The fourth-order valence-corrected chi connectivity index (χ4v) is 3.07. The topological polar surface area (TPSA) is 67.8 Å². The average molecular weight is 332 g/mol. The van der Waals surface area contributed by atoms with Crippen LogP contribution in [0.5, 0.6) is 0 Å². The summed E-state index contributed by atoms with van der Waals surface area (Å²) in [6, 6.07) is 0. The molecule has 1 amide bonds. The van der Waals surface area contributed by atoms with Crippen LogP contribution in [0.2, 0.25) is 0 Å². The van der Waals surface area contributed by atoms with Gasteiger partial charge >= 0.3 is 0 Å². The number of aromatic nitrogens is 3. The van der Waals surface area contributed by atoms with Crippen molar-refractivity contribution in [2.24, 2.45) is 0 Å². The predicted molar refractivity (Wildman–Crippen MR) is 94.1 cm³/mol. The lowest BCUT2D eigenvalue weighted by atomic mass is 9.96. The Kier molecular flexibility index (Phi) is 5.46. The van der Waals surface area contributed by atoms with Crippen LogP contribution >= 0.6 is 11.3 Å². The fourth-order valence-electron chi connectivity index (χ4n) is 2.07. The van der Waals surface area contributed by atoms with Crippen molar-refractivity contribution in [2.45, 2.75) is 59.3 Å². The maximum atomic E-state index is 12.4. The number of nitrogens with zero attached hydrogens (tertiary/aromatic N) is 3. The van der Waals surface area contributed by atoms with E-state index in [9.17, 15) is 4.79 Å². The Hall–Kier alpha value is -1.82. The van der Waals surface area contributed by atoms with E-state index in [1.807, 2.05) is 6.92 Å². The molecule has 0 aromatic carbocycles. The van der Waals surface area contributed by atoms with E-state index in [2.05, 4.69) is 48.0 Å². The minimum absolute atomic E-state index is 0.106. The van der Waals surface area contributed by atoms with E-state index < -0.39 is 0 Å². The summed E-state index contributed by atoms with van der Waals surface area (Å²) in [6.45, 7) is 10.2. The Balaban J connectivity index is 2.08. The molecular formula is C17H24N4OS. The third kappa shape index (κ3) is 4.58. The summed E-state index contributed by atoms with van der Waals surface area (Å²) >= 11 is 1.47. The lowest BCUT2D eigenvalue weighted by Gasteiger charge is -2.16. The van der Waals surface area contributed by atoms with E-state index in [1.165, 1.54) is 11.3 Å². The Labute approximate surface area is 141 Å². The molecule has 2 aromatic heterocycles. The van der Waals surface area contributed by atoms with Gasteiger partial charge in [-0.25, -0.2) is 15.0 Å². The number of carbonyl (C=O) groups is 1. The highest BCUT2D eigenvalue weighted by molar-refractivity contribution is 7.13. The van der Waals surface area contributed by atoms with E-state index in [-0.39, 0.29) is 11.3 Å². The number of hydrogen-bond donors (Lipinski definition) is 1. The van der Waals surface area contributed by atoms with Crippen LogP contribution in [0.25, 0.3) is 0 Å². The number of unbranched alkanes of at least 4 members (excludes halogenated alkanes) is 1. The number of aryl methyl sites for hydroxylation is 2. The minimum Gasteiger partial charge on any atom is -0.319 e. The first kappa shape index (κ1) is 17.5. The molecule has 0 atom stereocenters. The SMILES string of the molecule is CCCCc1nc(C)c(C(=O)Nc2cnc(C(C)(C)C)nc2)s1. The molecule has 0 spiro atoms. The molecule has 0 aliphatic rings. The molecule has 124 valence electrons. The normalized spacial score (nSPS) is 11.5. The van der Waals surface area contributed by atoms with Gasteiger partial charge in [0.25, 0.3) is 5.91 Å². The standard InChI is InChI=1S/C17H24N4OS/c1-6-7-8-13-20-11(2)14(23-13)15(22)21-12-9-18-16(19-10-12)17(3,4)5/h9-10H,6-8H2,1-5H3,(H,21,22). The third-order valence-electron chi connectivity index (χ3n) is 3.37. The number of anilines is 1. The van der Waals surface area contributed by atoms with Crippen molar-refractivity contribution in [1.29, 1.82) is 0 Å². The first-order chi connectivity index (χ1) is 10.8. The van der Waals surface area contributed by atoms with Gasteiger partial charge in [0.15, 0.2) is 0 Å². The molecule has 2 rings (SSSR count). The lowest BCUT2D eigenvalue weighted by molar-refractivity contribution is 0.102. The number of rotatable bonds is 5. The zero-order valence-electron chi connectivity index (χ0n) is 14.4. The van der Waals surface area contributed by atoms with Gasteiger partial charge in [-0.2, -0.15) is 0 Å². The Bertz CT molecular complexity index is 671. The van der Waals surface area contributed by atoms with Crippen molar-refractivity contribution in [3.05, 3.63) is 33.8 Å². The first-order valence-corrected chi connectivity index (χ1v) is 8.73. The maximum absolute atomic E-state index is 12.4. The molecule has 1 N–H and O–H groups in total. The van der Waals surface area contributed by atoms with Crippen molar-refractivity contribution in [3.8, 4) is 0 Å². The summed E-state index contributed by atoms with van der Waals surface area (Å²) in [5, 5.41) is 3.88. The molecule has 0 saturated heterocycles. The number of hydrogen-bond acceptors (Lipinski definition) is 5. The van der Waals surface area contributed by atoms with Gasteiger partial charge in [0.1, 0.15) is 10.7 Å². The molecule has 0 aliphatic heterocycles. The molecule has 0 bridgehead atoms.